The number of aromatic nitrogens is 1. The number of carbonyl (C=O) groups is 1. The Kier molecular flexibility index (Phi) is 3.54. The number of hydrogen-bond acceptors (Lipinski definition) is 3. The summed E-state index contributed by atoms with van der Waals surface area (Å²) in [7, 11) is 1.70. The van der Waals surface area contributed by atoms with Gasteiger partial charge < -0.3 is 4.90 Å². The van der Waals surface area contributed by atoms with Gasteiger partial charge >= 0.3 is 0 Å². The van der Waals surface area contributed by atoms with Gasteiger partial charge in [-0.1, -0.05) is 18.2 Å². The number of nitrogens with zero attached hydrogens (tertiary/aromatic N) is 3. The van der Waals surface area contributed by atoms with Crippen LogP contribution in [-0.4, -0.2) is 29.4 Å². The summed E-state index contributed by atoms with van der Waals surface area (Å²) >= 11 is 0. The molecule has 0 saturated heterocycles. The van der Waals surface area contributed by atoms with E-state index in [1.54, 1.807) is 24.2 Å². The van der Waals surface area contributed by atoms with E-state index in [4.69, 9.17) is 5.26 Å². The molecular weight excluding hydrogens is 226 g/mol. The average Bonchev–Trinajstić information content (AvgIpc) is 2.43. The lowest BCUT2D eigenvalue weighted by atomic mass is 10.1. The van der Waals surface area contributed by atoms with Crippen LogP contribution in [0.4, 0.5) is 0 Å². The van der Waals surface area contributed by atoms with Gasteiger partial charge in [0.2, 0.25) is 0 Å². The van der Waals surface area contributed by atoms with Crippen LogP contribution in [0.5, 0.6) is 0 Å². The zero-order valence-electron chi connectivity index (χ0n) is 10.1. The summed E-state index contributed by atoms with van der Waals surface area (Å²) in [5.41, 5.74) is 1.43. The highest BCUT2D eigenvalue weighted by molar-refractivity contribution is 6.05. The number of fused-ring (bicyclic) bond motifs is 1. The van der Waals surface area contributed by atoms with Crippen molar-refractivity contribution < 1.29 is 4.79 Å². The van der Waals surface area contributed by atoms with Crippen molar-refractivity contribution in [1.82, 2.24) is 9.88 Å². The predicted octanol–water partition coefficient (Wildman–Crippen LogP) is 2.22. The lowest BCUT2D eigenvalue weighted by Crippen LogP contribution is -2.27. The van der Waals surface area contributed by atoms with Crippen LogP contribution in [0.1, 0.15) is 16.8 Å². The van der Waals surface area contributed by atoms with E-state index >= 15 is 0 Å². The maximum Gasteiger partial charge on any atom is 0.254 e. The summed E-state index contributed by atoms with van der Waals surface area (Å²) in [6.45, 7) is 0.436. The Bertz CT molecular complexity index is 610. The van der Waals surface area contributed by atoms with E-state index in [-0.39, 0.29) is 5.91 Å². The van der Waals surface area contributed by atoms with E-state index in [1.807, 2.05) is 30.3 Å². The maximum absolute atomic E-state index is 12.3. The third-order valence-corrected chi connectivity index (χ3v) is 2.79. The molecule has 2 rings (SSSR count). The fraction of sp³-hybridized carbons (Fsp3) is 0.214. The Morgan fingerprint density at radius 1 is 1.39 bits per heavy atom. The zero-order valence-corrected chi connectivity index (χ0v) is 10.1. The second kappa shape index (κ2) is 5.28. The van der Waals surface area contributed by atoms with Crippen LogP contribution < -0.4 is 0 Å². The van der Waals surface area contributed by atoms with E-state index in [0.717, 1.165) is 10.9 Å². The van der Waals surface area contributed by atoms with Crippen molar-refractivity contribution in [2.24, 2.45) is 0 Å². The molecule has 0 aliphatic carbocycles. The molecule has 0 saturated carbocycles. The highest BCUT2D eigenvalue weighted by Gasteiger charge is 2.14. The minimum atomic E-state index is -0.0798. The number of rotatable bonds is 3. The van der Waals surface area contributed by atoms with Gasteiger partial charge in [-0.15, -0.1) is 0 Å². The molecule has 0 atom stereocenters. The Labute approximate surface area is 105 Å². The van der Waals surface area contributed by atoms with Crippen LogP contribution in [0, 0.1) is 11.3 Å². The molecule has 0 unspecified atom stereocenters. The van der Waals surface area contributed by atoms with Crippen molar-refractivity contribution in [1.29, 1.82) is 5.26 Å². The lowest BCUT2D eigenvalue weighted by Gasteiger charge is -2.16. The smallest absolute Gasteiger partial charge is 0.254 e. The summed E-state index contributed by atoms with van der Waals surface area (Å²) in [4.78, 5) is 18.0. The van der Waals surface area contributed by atoms with E-state index in [1.165, 1.54) is 0 Å². The third-order valence-electron chi connectivity index (χ3n) is 2.79. The number of hydrogen-bond donors (Lipinski definition) is 0. The van der Waals surface area contributed by atoms with Crippen molar-refractivity contribution in [3.05, 3.63) is 42.1 Å². The number of amides is 1. The summed E-state index contributed by atoms with van der Waals surface area (Å²) in [5, 5.41) is 9.38. The molecule has 90 valence electrons. The van der Waals surface area contributed by atoms with Crippen LogP contribution in [0.3, 0.4) is 0 Å². The molecule has 0 spiro atoms. The van der Waals surface area contributed by atoms with Gasteiger partial charge in [-0.3, -0.25) is 9.78 Å². The maximum atomic E-state index is 12.3. The minimum Gasteiger partial charge on any atom is -0.341 e. The summed E-state index contributed by atoms with van der Waals surface area (Å²) < 4.78 is 0. The lowest BCUT2D eigenvalue weighted by molar-refractivity contribution is 0.0800. The monoisotopic (exact) mass is 239 g/mol. The first kappa shape index (κ1) is 12.1. The first-order valence-corrected chi connectivity index (χ1v) is 5.70. The van der Waals surface area contributed by atoms with Gasteiger partial charge in [0, 0.05) is 25.2 Å². The van der Waals surface area contributed by atoms with Gasteiger partial charge in [0.1, 0.15) is 0 Å². The fourth-order valence-electron chi connectivity index (χ4n) is 1.81. The first-order chi connectivity index (χ1) is 8.74. The van der Waals surface area contributed by atoms with Crippen LogP contribution >= 0.6 is 0 Å². The van der Waals surface area contributed by atoms with Gasteiger partial charge in [-0.2, -0.15) is 5.26 Å². The molecular formula is C14H13N3O. The number of pyridine rings is 1. The average molecular weight is 239 g/mol. The van der Waals surface area contributed by atoms with Gasteiger partial charge in [0.15, 0.2) is 0 Å². The fourth-order valence-corrected chi connectivity index (χ4v) is 1.81. The molecule has 2 aromatic rings. The second-order valence-corrected chi connectivity index (χ2v) is 4.01. The molecule has 1 amide bonds. The summed E-state index contributed by atoms with van der Waals surface area (Å²) in [6.07, 6.45) is 1.97. The highest BCUT2D eigenvalue weighted by atomic mass is 16.2. The molecule has 0 aliphatic rings. The van der Waals surface area contributed by atoms with E-state index in [0.29, 0.717) is 18.5 Å². The van der Waals surface area contributed by atoms with Gasteiger partial charge in [0.25, 0.3) is 5.91 Å². The second-order valence-electron chi connectivity index (χ2n) is 4.01. The Balaban J connectivity index is 2.36. The van der Waals surface area contributed by atoms with Crippen molar-refractivity contribution >= 4 is 16.8 Å². The van der Waals surface area contributed by atoms with Crippen molar-refractivity contribution in [2.45, 2.75) is 6.42 Å². The zero-order chi connectivity index (χ0) is 13.0. The standard InChI is InChI=1S/C14H13N3O/c1-17(10-4-8-15)14(18)12-7-9-16-13-6-3-2-5-11(12)13/h2-3,5-7,9H,4,10H2,1H3. The van der Waals surface area contributed by atoms with E-state index < -0.39 is 0 Å². The first-order valence-electron chi connectivity index (χ1n) is 5.70. The molecule has 1 aromatic heterocycles. The van der Waals surface area contributed by atoms with E-state index in [2.05, 4.69) is 4.98 Å². The Morgan fingerprint density at radius 2 is 2.17 bits per heavy atom. The Hall–Kier alpha value is -2.41. The number of nitriles is 1. The minimum absolute atomic E-state index is 0.0798. The normalized spacial score (nSPS) is 10.0. The van der Waals surface area contributed by atoms with Crippen molar-refractivity contribution in [3.8, 4) is 6.07 Å². The molecule has 0 N–H and O–H groups in total. The molecule has 1 aromatic carbocycles. The van der Waals surface area contributed by atoms with Gasteiger partial charge in [-0.25, -0.2) is 0 Å². The van der Waals surface area contributed by atoms with Gasteiger partial charge in [0.05, 0.1) is 23.6 Å². The van der Waals surface area contributed by atoms with Gasteiger partial charge in [-0.05, 0) is 12.1 Å². The van der Waals surface area contributed by atoms with Crippen LogP contribution in [0.25, 0.3) is 10.9 Å². The number of benzene rings is 1. The molecule has 1 heterocycles. The third kappa shape index (κ3) is 2.30. The van der Waals surface area contributed by atoms with E-state index in [9.17, 15) is 4.79 Å². The predicted molar refractivity (Wildman–Crippen MR) is 68.9 cm³/mol. The molecule has 0 bridgehead atoms. The number of carbonyl (C=O) groups excluding carboxylic acids is 1. The molecule has 4 heteroatoms. The molecule has 4 nitrogen and oxygen atoms in total. The summed E-state index contributed by atoms with van der Waals surface area (Å²) in [5.74, 6) is -0.0798. The molecule has 0 aliphatic heterocycles. The molecule has 18 heavy (non-hydrogen) atoms. The molecule has 0 radical (unpaired) electrons. The summed E-state index contributed by atoms with van der Waals surface area (Å²) in [6, 6.07) is 11.3. The van der Waals surface area contributed by atoms with Crippen molar-refractivity contribution in [3.63, 3.8) is 0 Å². The highest BCUT2D eigenvalue weighted by Crippen LogP contribution is 2.17. The number of para-hydroxylation sites is 1. The SMILES string of the molecule is CN(CCC#N)C(=O)c1ccnc2ccccc12. The van der Waals surface area contributed by atoms with Crippen molar-refractivity contribution in [2.75, 3.05) is 13.6 Å². The topological polar surface area (TPSA) is 57.0 Å². The quantitative estimate of drug-likeness (QED) is 0.825. The van der Waals surface area contributed by atoms with Crippen LogP contribution in [-0.2, 0) is 0 Å². The van der Waals surface area contributed by atoms with Crippen LogP contribution in [0.2, 0.25) is 0 Å². The largest absolute Gasteiger partial charge is 0.341 e. The van der Waals surface area contributed by atoms with Crippen LogP contribution in [0.15, 0.2) is 36.5 Å². The Morgan fingerprint density at radius 3 is 2.94 bits per heavy atom. The molecule has 0 fully saturated rings.